The molecule has 5 heteroatoms. The highest BCUT2D eigenvalue weighted by Gasteiger charge is 2.02. The summed E-state index contributed by atoms with van der Waals surface area (Å²) >= 11 is 0. The van der Waals surface area contributed by atoms with Crippen LogP contribution < -0.4 is 4.72 Å². The molecular formula is C9H13NO3S. The minimum atomic E-state index is -4.06. The van der Waals surface area contributed by atoms with E-state index < -0.39 is 10.3 Å². The third kappa shape index (κ3) is 3.87. The lowest BCUT2D eigenvalue weighted by molar-refractivity contribution is 0.468. The summed E-state index contributed by atoms with van der Waals surface area (Å²) in [5.41, 5.74) is 2.19. The van der Waals surface area contributed by atoms with Crippen LogP contribution in [-0.2, 0) is 16.7 Å². The summed E-state index contributed by atoms with van der Waals surface area (Å²) in [5.74, 6) is 0. The lowest BCUT2D eigenvalue weighted by Crippen LogP contribution is -2.24. The first-order chi connectivity index (χ1) is 6.49. The SMILES string of the molecule is Cc1ccccc1CCNS(=O)(=O)O. The molecule has 0 aliphatic rings. The molecule has 2 N–H and O–H groups in total. The Labute approximate surface area is 83.8 Å². The van der Waals surface area contributed by atoms with E-state index in [1.54, 1.807) is 0 Å². The Morgan fingerprint density at radius 1 is 1.36 bits per heavy atom. The average molecular weight is 215 g/mol. The molecule has 14 heavy (non-hydrogen) atoms. The molecule has 0 aromatic heterocycles. The van der Waals surface area contributed by atoms with Crippen LogP contribution in [0.25, 0.3) is 0 Å². The number of rotatable bonds is 4. The van der Waals surface area contributed by atoms with Crippen LogP contribution in [-0.4, -0.2) is 19.5 Å². The van der Waals surface area contributed by atoms with Gasteiger partial charge in [0.1, 0.15) is 0 Å². The average Bonchev–Trinajstić information content (AvgIpc) is 2.06. The van der Waals surface area contributed by atoms with Crippen molar-refractivity contribution in [3.63, 3.8) is 0 Å². The van der Waals surface area contributed by atoms with E-state index >= 15 is 0 Å². The minimum absolute atomic E-state index is 0.212. The van der Waals surface area contributed by atoms with Crippen molar-refractivity contribution in [3.8, 4) is 0 Å². The fourth-order valence-corrected chi connectivity index (χ4v) is 1.57. The van der Waals surface area contributed by atoms with E-state index in [4.69, 9.17) is 4.55 Å². The third-order valence-electron chi connectivity index (χ3n) is 1.94. The molecular weight excluding hydrogens is 202 g/mol. The highest BCUT2D eigenvalue weighted by Crippen LogP contribution is 2.06. The highest BCUT2D eigenvalue weighted by atomic mass is 32.2. The molecule has 0 atom stereocenters. The number of hydrogen-bond acceptors (Lipinski definition) is 2. The zero-order valence-corrected chi connectivity index (χ0v) is 8.71. The lowest BCUT2D eigenvalue weighted by Gasteiger charge is -2.04. The lowest BCUT2D eigenvalue weighted by atomic mass is 10.1. The second-order valence-corrected chi connectivity index (χ2v) is 4.28. The Hall–Kier alpha value is -0.910. The van der Waals surface area contributed by atoms with Crippen molar-refractivity contribution in [2.24, 2.45) is 0 Å². The molecule has 0 radical (unpaired) electrons. The molecule has 0 unspecified atom stereocenters. The van der Waals surface area contributed by atoms with Crippen molar-refractivity contribution >= 4 is 10.3 Å². The first kappa shape index (κ1) is 11.2. The van der Waals surface area contributed by atoms with Gasteiger partial charge in [0.2, 0.25) is 0 Å². The number of benzene rings is 1. The smallest absolute Gasteiger partial charge is 0.273 e. The maximum atomic E-state index is 10.4. The molecule has 0 bridgehead atoms. The Balaban J connectivity index is 2.51. The third-order valence-corrected chi connectivity index (χ3v) is 2.51. The second-order valence-electron chi connectivity index (χ2n) is 3.05. The topological polar surface area (TPSA) is 66.4 Å². The van der Waals surface area contributed by atoms with Crippen LogP contribution in [0.4, 0.5) is 0 Å². The molecule has 0 saturated heterocycles. The quantitative estimate of drug-likeness (QED) is 0.734. The van der Waals surface area contributed by atoms with Gasteiger partial charge in [-0.1, -0.05) is 24.3 Å². The van der Waals surface area contributed by atoms with Crippen molar-refractivity contribution in [2.75, 3.05) is 6.54 Å². The predicted octanol–water partition coefficient (Wildman–Crippen LogP) is 0.930. The van der Waals surface area contributed by atoms with Crippen molar-refractivity contribution in [1.29, 1.82) is 0 Å². The van der Waals surface area contributed by atoms with Crippen LogP contribution in [0.15, 0.2) is 24.3 Å². The van der Waals surface area contributed by atoms with Crippen LogP contribution >= 0.6 is 0 Å². The molecule has 0 heterocycles. The van der Waals surface area contributed by atoms with Crippen LogP contribution in [0.1, 0.15) is 11.1 Å². The molecule has 1 rings (SSSR count). The van der Waals surface area contributed by atoms with Gasteiger partial charge >= 0.3 is 10.3 Å². The molecule has 4 nitrogen and oxygen atoms in total. The number of aryl methyl sites for hydroxylation is 1. The molecule has 0 aliphatic carbocycles. The summed E-state index contributed by atoms with van der Waals surface area (Å²) in [6, 6.07) is 7.72. The van der Waals surface area contributed by atoms with E-state index in [1.807, 2.05) is 35.9 Å². The Morgan fingerprint density at radius 2 is 2.00 bits per heavy atom. The first-order valence-corrected chi connectivity index (χ1v) is 5.69. The van der Waals surface area contributed by atoms with E-state index in [0.29, 0.717) is 6.42 Å². The number of hydrogen-bond donors (Lipinski definition) is 2. The summed E-state index contributed by atoms with van der Waals surface area (Å²) in [4.78, 5) is 0. The van der Waals surface area contributed by atoms with E-state index in [-0.39, 0.29) is 6.54 Å². The van der Waals surface area contributed by atoms with Crippen molar-refractivity contribution in [3.05, 3.63) is 35.4 Å². The van der Waals surface area contributed by atoms with Gasteiger partial charge in [-0.2, -0.15) is 13.1 Å². The Morgan fingerprint density at radius 3 is 2.57 bits per heavy atom. The van der Waals surface area contributed by atoms with E-state index in [0.717, 1.165) is 11.1 Å². The van der Waals surface area contributed by atoms with E-state index in [2.05, 4.69) is 0 Å². The van der Waals surface area contributed by atoms with Crippen LogP contribution in [0, 0.1) is 6.92 Å². The first-order valence-electron chi connectivity index (χ1n) is 4.25. The molecule has 0 aliphatic heterocycles. The van der Waals surface area contributed by atoms with Crippen molar-refractivity contribution in [2.45, 2.75) is 13.3 Å². The zero-order chi connectivity index (χ0) is 10.6. The van der Waals surface area contributed by atoms with E-state index in [9.17, 15) is 8.42 Å². The fraction of sp³-hybridized carbons (Fsp3) is 0.333. The summed E-state index contributed by atoms with van der Waals surface area (Å²) < 4.78 is 31.2. The van der Waals surface area contributed by atoms with Gasteiger partial charge in [-0.05, 0) is 24.5 Å². The molecule has 1 aromatic carbocycles. The van der Waals surface area contributed by atoms with E-state index in [1.165, 1.54) is 0 Å². The molecule has 0 saturated carbocycles. The van der Waals surface area contributed by atoms with Gasteiger partial charge in [0.15, 0.2) is 0 Å². The maximum Gasteiger partial charge on any atom is 0.333 e. The molecule has 78 valence electrons. The normalized spacial score (nSPS) is 11.6. The van der Waals surface area contributed by atoms with Gasteiger partial charge in [-0.15, -0.1) is 0 Å². The van der Waals surface area contributed by atoms with Crippen LogP contribution in [0.5, 0.6) is 0 Å². The van der Waals surface area contributed by atoms with Crippen LogP contribution in [0.2, 0.25) is 0 Å². The fourth-order valence-electron chi connectivity index (χ4n) is 1.21. The minimum Gasteiger partial charge on any atom is -0.273 e. The molecule has 0 amide bonds. The molecule has 0 fully saturated rings. The molecule has 1 aromatic rings. The summed E-state index contributed by atoms with van der Waals surface area (Å²) in [6.07, 6.45) is 0.576. The number of nitrogens with one attached hydrogen (secondary N) is 1. The van der Waals surface area contributed by atoms with Gasteiger partial charge in [-0.25, -0.2) is 0 Å². The van der Waals surface area contributed by atoms with Gasteiger partial charge in [0.05, 0.1) is 0 Å². The Bertz CT molecular complexity index is 400. The van der Waals surface area contributed by atoms with Gasteiger partial charge in [0, 0.05) is 6.54 Å². The van der Waals surface area contributed by atoms with Gasteiger partial charge in [0.25, 0.3) is 0 Å². The summed E-state index contributed by atoms with van der Waals surface area (Å²) in [6.45, 7) is 2.17. The highest BCUT2D eigenvalue weighted by molar-refractivity contribution is 7.83. The monoisotopic (exact) mass is 215 g/mol. The van der Waals surface area contributed by atoms with Gasteiger partial charge in [-0.3, -0.25) is 4.55 Å². The standard InChI is InChI=1S/C9H13NO3S/c1-8-4-2-3-5-9(8)6-7-10-14(11,12)13/h2-5,10H,6-7H2,1H3,(H,11,12,13). The predicted molar refractivity (Wildman–Crippen MR) is 54.4 cm³/mol. The largest absolute Gasteiger partial charge is 0.333 e. The summed E-state index contributed by atoms with van der Waals surface area (Å²) in [5, 5.41) is 0. The Kier molecular flexibility index (Phi) is 3.62. The zero-order valence-electron chi connectivity index (χ0n) is 7.90. The van der Waals surface area contributed by atoms with Gasteiger partial charge < -0.3 is 0 Å². The summed E-state index contributed by atoms with van der Waals surface area (Å²) in [7, 11) is -4.06. The molecule has 0 spiro atoms. The van der Waals surface area contributed by atoms with Crippen molar-refractivity contribution in [1.82, 2.24) is 4.72 Å². The van der Waals surface area contributed by atoms with Crippen LogP contribution in [0.3, 0.4) is 0 Å². The van der Waals surface area contributed by atoms with Crippen molar-refractivity contribution < 1.29 is 13.0 Å². The maximum absolute atomic E-state index is 10.4. The second kappa shape index (κ2) is 4.54.